The SMILES string of the molecule is CC(CC(=O)NCC1(CN)CC1)CC(C)(C)C. The van der Waals surface area contributed by atoms with Gasteiger partial charge >= 0.3 is 0 Å². The number of hydrogen-bond donors (Lipinski definition) is 2. The molecule has 1 aliphatic carbocycles. The molecule has 1 amide bonds. The molecule has 17 heavy (non-hydrogen) atoms. The molecular formula is C14H28N2O. The van der Waals surface area contributed by atoms with Crippen molar-refractivity contribution in [3.05, 3.63) is 0 Å². The van der Waals surface area contributed by atoms with E-state index in [0.29, 0.717) is 24.3 Å². The van der Waals surface area contributed by atoms with Gasteiger partial charge in [0.25, 0.3) is 0 Å². The van der Waals surface area contributed by atoms with Crippen LogP contribution in [-0.4, -0.2) is 19.0 Å². The Morgan fingerprint density at radius 2 is 2.00 bits per heavy atom. The largest absolute Gasteiger partial charge is 0.355 e. The molecule has 1 unspecified atom stereocenters. The minimum Gasteiger partial charge on any atom is -0.355 e. The van der Waals surface area contributed by atoms with E-state index in [1.807, 2.05) is 0 Å². The van der Waals surface area contributed by atoms with Crippen LogP contribution >= 0.6 is 0 Å². The quantitative estimate of drug-likeness (QED) is 0.748. The van der Waals surface area contributed by atoms with Crippen LogP contribution in [0.25, 0.3) is 0 Å². The van der Waals surface area contributed by atoms with Crippen molar-refractivity contribution in [3.8, 4) is 0 Å². The molecule has 0 saturated heterocycles. The molecule has 3 heteroatoms. The third kappa shape index (κ3) is 5.53. The van der Waals surface area contributed by atoms with Crippen molar-refractivity contribution >= 4 is 5.91 Å². The zero-order valence-corrected chi connectivity index (χ0v) is 11.8. The van der Waals surface area contributed by atoms with Crippen LogP contribution in [0.4, 0.5) is 0 Å². The van der Waals surface area contributed by atoms with Crippen LogP contribution in [0, 0.1) is 16.7 Å². The van der Waals surface area contributed by atoms with Crippen molar-refractivity contribution in [1.82, 2.24) is 5.32 Å². The number of nitrogens with one attached hydrogen (secondary N) is 1. The first-order valence-corrected chi connectivity index (χ1v) is 6.73. The Hall–Kier alpha value is -0.570. The minimum absolute atomic E-state index is 0.182. The lowest BCUT2D eigenvalue weighted by atomic mass is 9.84. The van der Waals surface area contributed by atoms with Crippen molar-refractivity contribution in [3.63, 3.8) is 0 Å². The van der Waals surface area contributed by atoms with Crippen LogP contribution in [-0.2, 0) is 4.79 Å². The topological polar surface area (TPSA) is 55.1 Å². The predicted molar refractivity (Wildman–Crippen MR) is 71.6 cm³/mol. The van der Waals surface area contributed by atoms with Gasteiger partial charge in [-0.25, -0.2) is 0 Å². The Kier molecular flexibility index (Phi) is 4.59. The van der Waals surface area contributed by atoms with E-state index >= 15 is 0 Å². The molecule has 0 radical (unpaired) electrons. The Labute approximate surface area is 106 Å². The number of rotatable bonds is 6. The molecular weight excluding hydrogens is 212 g/mol. The highest BCUT2D eigenvalue weighted by molar-refractivity contribution is 5.76. The average Bonchev–Trinajstić information content (AvgIpc) is 2.92. The molecule has 1 aliphatic rings. The Morgan fingerprint density at radius 1 is 1.41 bits per heavy atom. The third-order valence-electron chi connectivity index (χ3n) is 3.55. The maximum Gasteiger partial charge on any atom is 0.220 e. The molecule has 0 spiro atoms. The van der Waals surface area contributed by atoms with E-state index in [9.17, 15) is 4.79 Å². The van der Waals surface area contributed by atoms with Crippen molar-refractivity contribution in [2.45, 2.75) is 53.4 Å². The van der Waals surface area contributed by atoms with E-state index in [-0.39, 0.29) is 11.3 Å². The lowest BCUT2D eigenvalue weighted by Gasteiger charge is -2.23. The van der Waals surface area contributed by atoms with Crippen LogP contribution in [0.5, 0.6) is 0 Å². The standard InChI is InChI=1S/C14H28N2O/c1-11(8-13(2,3)4)7-12(17)16-10-14(9-15)5-6-14/h11H,5-10,15H2,1-4H3,(H,16,17). The van der Waals surface area contributed by atoms with E-state index in [0.717, 1.165) is 13.0 Å². The van der Waals surface area contributed by atoms with Gasteiger partial charge in [0, 0.05) is 13.0 Å². The highest BCUT2D eigenvalue weighted by atomic mass is 16.1. The molecule has 100 valence electrons. The predicted octanol–water partition coefficient (Wildman–Crippen LogP) is 2.30. The van der Waals surface area contributed by atoms with Gasteiger partial charge in [-0.05, 0) is 42.6 Å². The van der Waals surface area contributed by atoms with E-state index in [4.69, 9.17) is 5.73 Å². The summed E-state index contributed by atoms with van der Waals surface area (Å²) in [7, 11) is 0. The first kappa shape index (κ1) is 14.5. The summed E-state index contributed by atoms with van der Waals surface area (Å²) in [5, 5.41) is 3.03. The van der Waals surface area contributed by atoms with Gasteiger partial charge in [0.1, 0.15) is 0 Å². The van der Waals surface area contributed by atoms with Gasteiger partial charge in [-0.3, -0.25) is 4.79 Å². The number of amides is 1. The summed E-state index contributed by atoms with van der Waals surface area (Å²) in [4.78, 5) is 11.8. The van der Waals surface area contributed by atoms with Crippen molar-refractivity contribution in [1.29, 1.82) is 0 Å². The second-order valence-corrected chi connectivity index (χ2v) is 7.05. The van der Waals surface area contributed by atoms with Gasteiger partial charge in [-0.15, -0.1) is 0 Å². The smallest absolute Gasteiger partial charge is 0.220 e. The number of carbonyl (C=O) groups is 1. The van der Waals surface area contributed by atoms with Gasteiger partial charge in [0.15, 0.2) is 0 Å². The van der Waals surface area contributed by atoms with Crippen molar-refractivity contribution < 1.29 is 4.79 Å². The molecule has 0 aromatic heterocycles. The fourth-order valence-corrected chi connectivity index (χ4v) is 2.42. The fraction of sp³-hybridized carbons (Fsp3) is 0.929. The number of nitrogens with two attached hydrogens (primary N) is 1. The summed E-state index contributed by atoms with van der Waals surface area (Å²) in [6.07, 6.45) is 4.06. The monoisotopic (exact) mass is 240 g/mol. The molecule has 1 saturated carbocycles. The van der Waals surface area contributed by atoms with Crippen LogP contribution in [0.15, 0.2) is 0 Å². The van der Waals surface area contributed by atoms with Gasteiger partial charge in [-0.1, -0.05) is 27.7 Å². The summed E-state index contributed by atoms with van der Waals surface area (Å²) in [5.41, 5.74) is 6.23. The maximum atomic E-state index is 11.8. The number of carbonyl (C=O) groups excluding carboxylic acids is 1. The zero-order chi connectivity index (χ0) is 13.1. The first-order valence-electron chi connectivity index (χ1n) is 6.73. The van der Waals surface area contributed by atoms with E-state index < -0.39 is 0 Å². The molecule has 1 fully saturated rings. The normalized spacial score (nSPS) is 19.8. The highest BCUT2D eigenvalue weighted by Gasteiger charge is 2.41. The molecule has 0 aliphatic heterocycles. The maximum absolute atomic E-state index is 11.8. The van der Waals surface area contributed by atoms with Crippen molar-refractivity contribution in [2.75, 3.05) is 13.1 Å². The molecule has 1 rings (SSSR count). The lowest BCUT2D eigenvalue weighted by Crippen LogP contribution is -2.34. The molecule has 3 nitrogen and oxygen atoms in total. The molecule has 3 N–H and O–H groups in total. The van der Waals surface area contributed by atoms with Crippen LogP contribution in [0.1, 0.15) is 53.4 Å². The Balaban J connectivity index is 2.20. The summed E-state index contributed by atoms with van der Waals surface area (Å²) in [5.74, 6) is 0.629. The zero-order valence-electron chi connectivity index (χ0n) is 11.8. The van der Waals surface area contributed by atoms with E-state index in [2.05, 4.69) is 33.0 Å². The van der Waals surface area contributed by atoms with Crippen molar-refractivity contribution in [2.24, 2.45) is 22.5 Å². The summed E-state index contributed by atoms with van der Waals surface area (Å²) >= 11 is 0. The fourth-order valence-electron chi connectivity index (χ4n) is 2.42. The van der Waals surface area contributed by atoms with Gasteiger partial charge < -0.3 is 11.1 Å². The Bertz CT molecular complexity index is 264. The van der Waals surface area contributed by atoms with Gasteiger partial charge in [0.05, 0.1) is 0 Å². The second-order valence-electron chi connectivity index (χ2n) is 7.05. The molecule has 0 heterocycles. The molecule has 1 atom stereocenters. The summed E-state index contributed by atoms with van der Waals surface area (Å²) < 4.78 is 0. The van der Waals surface area contributed by atoms with Crippen LogP contribution in [0.3, 0.4) is 0 Å². The second kappa shape index (κ2) is 5.38. The molecule has 0 aromatic rings. The average molecular weight is 240 g/mol. The molecule has 0 aromatic carbocycles. The van der Waals surface area contributed by atoms with E-state index in [1.165, 1.54) is 12.8 Å². The third-order valence-corrected chi connectivity index (χ3v) is 3.55. The first-order chi connectivity index (χ1) is 7.76. The Morgan fingerprint density at radius 3 is 2.41 bits per heavy atom. The molecule has 0 bridgehead atoms. The van der Waals surface area contributed by atoms with Gasteiger partial charge in [0.2, 0.25) is 5.91 Å². The van der Waals surface area contributed by atoms with Crippen LogP contribution in [0.2, 0.25) is 0 Å². The van der Waals surface area contributed by atoms with E-state index in [1.54, 1.807) is 0 Å². The summed E-state index contributed by atoms with van der Waals surface area (Å²) in [6.45, 7) is 10.3. The number of hydrogen-bond acceptors (Lipinski definition) is 2. The summed E-state index contributed by atoms with van der Waals surface area (Å²) in [6, 6.07) is 0. The highest BCUT2D eigenvalue weighted by Crippen LogP contribution is 2.43. The van der Waals surface area contributed by atoms with Crippen LogP contribution < -0.4 is 11.1 Å². The van der Waals surface area contributed by atoms with Gasteiger partial charge in [-0.2, -0.15) is 0 Å². The minimum atomic E-state index is 0.182. The lowest BCUT2D eigenvalue weighted by molar-refractivity contribution is -0.122.